The van der Waals surface area contributed by atoms with Crippen molar-refractivity contribution in [3.8, 4) is 5.75 Å². The van der Waals surface area contributed by atoms with E-state index in [0.29, 0.717) is 26.7 Å². The molecule has 0 aliphatic rings. The van der Waals surface area contributed by atoms with Crippen LogP contribution in [0.15, 0.2) is 42.5 Å². The Bertz CT molecular complexity index is 826. The third-order valence-corrected chi connectivity index (χ3v) is 5.81. The Morgan fingerprint density at radius 1 is 1.10 bits per heavy atom. The van der Waals surface area contributed by atoms with E-state index < -0.39 is 12.1 Å². The van der Waals surface area contributed by atoms with Crippen molar-refractivity contribution in [2.24, 2.45) is 0 Å². The van der Waals surface area contributed by atoms with Gasteiger partial charge in [-0.3, -0.25) is 4.79 Å². The molecule has 0 heterocycles. The zero-order valence-electron chi connectivity index (χ0n) is 16.5. The predicted octanol–water partition coefficient (Wildman–Crippen LogP) is 3.59. The number of aromatic hydroxyl groups is 1. The SMILES string of the molecule is COCCCNC(=O)[C@@H](Cc1cc(I)c(O)c(I)c1)NC(=O)OCc1ccccc1. The van der Waals surface area contributed by atoms with Crippen LogP contribution >= 0.6 is 45.2 Å². The maximum absolute atomic E-state index is 12.7. The fourth-order valence-electron chi connectivity index (χ4n) is 2.64. The largest absolute Gasteiger partial charge is 0.506 e. The molecule has 0 unspecified atom stereocenters. The smallest absolute Gasteiger partial charge is 0.408 e. The van der Waals surface area contributed by atoms with Gasteiger partial charge in [0.1, 0.15) is 18.4 Å². The zero-order chi connectivity index (χ0) is 21.9. The van der Waals surface area contributed by atoms with E-state index in [1.807, 2.05) is 75.5 Å². The third-order valence-electron chi connectivity index (χ3n) is 4.16. The fraction of sp³-hybridized carbons (Fsp3) is 0.333. The molecule has 0 aliphatic heterocycles. The number of carbonyl (C=O) groups excluding carboxylic acids is 2. The minimum absolute atomic E-state index is 0.115. The molecular weight excluding hydrogens is 614 g/mol. The van der Waals surface area contributed by atoms with Crippen molar-refractivity contribution >= 4 is 57.2 Å². The van der Waals surface area contributed by atoms with Gasteiger partial charge in [-0.15, -0.1) is 0 Å². The van der Waals surface area contributed by atoms with Crippen LogP contribution in [0.3, 0.4) is 0 Å². The van der Waals surface area contributed by atoms with Crippen LogP contribution in [0.2, 0.25) is 0 Å². The number of ether oxygens (including phenoxy) is 2. The van der Waals surface area contributed by atoms with Crippen LogP contribution in [0.4, 0.5) is 4.79 Å². The number of amides is 2. The summed E-state index contributed by atoms with van der Waals surface area (Å²) in [5, 5.41) is 15.4. The Labute approximate surface area is 203 Å². The molecule has 9 heteroatoms. The normalized spacial score (nSPS) is 11.6. The molecule has 2 rings (SSSR count). The van der Waals surface area contributed by atoms with Gasteiger partial charge in [0.05, 0.1) is 7.14 Å². The van der Waals surface area contributed by atoms with Crippen molar-refractivity contribution in [1.29, 1.82) is 0 Å². The van der Waals surface area contributed by atoms with Crippen molar-refractivity contribution in [1.82, 2.24) is 10.6 Å². The number of carbonyl (C=O) groups is 2. The van der Waals surface area contributed by atoms with Crippen LogP contribution in [0.1, 0.15) is 17.5 Å². The summed E-state index contributed by atoms with van der Waals surface area (Å²) in [6.07, 6.45) is 0.268. The Morgan fingerprint density at radius 2 is 1.77 bits per heavy atom. The molecule has 0 fully saturated rings. The van der Waals surface area contributed by atoms with Gasteiger partial charge in [-0.25, -0.2) is 4.79 Å². The Kier molecular flexibility index (Phi) is 10.6. The van der Waals surface area contributed by atoms with Crippen LogP contribution in [0, 0.1) is 7.14 Å². The van der Waals surface area contributed by atoms with E-state index in [4.69, 9.17) is 9.47 Å². The van der Waals surface area contributed by atoms with E-state index in [1.54, 1.807) is 19.2 Å². The van der Waals surface area contributed by atoms with Crippen molar-refractivity contribution in [2.75, 3.05) is 20.3 Å². The first kappa shape index (κ1) is 24.7. The maximum atomic E-state index is 12.7. The lowest BCUT2D eigenvalue weighted by molar-refractivity contribution is -0.123. The molecule has 0 radical (unpaired) electrons. The monoisotopic (exact) mass is 638 g/mol. The summed E-state index contributed by atoms with van der Waals surface area (Å²) in [6.45, 7) is 1.09. The Balaban J connectivity index is 2.04. The molecule has 3 N–H and O–H groups in total. The van der Waals surface area contributed by atoms with Crippen molar-refractivity contribution in [3.63, 3.8) is 0 Å². The molecule has 0 saturated heterocycles. The molecule has 2 amide bonds. The van der Waals surface area contributed by atoms with Crippen LogP contribution in [0.5, 0.6) is 5.75 Å². The summed E-state index contributed by atoms with van der Waals surface area (Å²) in [6, 6.07) is 12.1. The number of halogens is 2. The summed E-state index contributed by atoms with van der Waals surface area (Å²) >= 11 is 4.07. The minimum Gasteiger partial charge on any atom is -0.506 e. The van der Waals surface area contributed by atoms with Gasteiger partial charge in [0, 0.05) is 26.7 Å². The lowest BCUT2D eigenvalue weighted by atomic mass is 10.1. The first-order chi connectivity index (χ1) is 14.4. The van der Waals surface area contributed by atoms with Crippen LogP contribution in [-0.4, -0.2) is 43.4 Å². The average Bonchev–Trinajstić information content (AvgIpc) is 2.73. The highest BCUT2D eigenvalue weighted by Gasteiger charge is 2.22. The van der Waals surface area contributed by atoms with Gasteiger partial charge in [-0.2, -0.15) is 0 Å². The second-order valence-corrected chi connectivity index (χ2v) is 8.83. The van der Waals surface area contributed by atoms with E-state index in [2.05, 4.69) is 10.6 Å². The predicted molar refractivity (Wildman–Crippen MR) is 130 cm³/mol. The minimum atomic E-state index is -0.813. The molecule has 30 heavy (non-hydrogen) atoms. The number of hydrogen-bond donors (Lipinski definition) is 3. The number of phenols is 1. The number of phenolic OH excluding ortho intramolecular Hbond substituents is 1. The number of nitrogens with one attached hydrogen (secondary N) is 2. The van der Waals surface area contributed by atoms with Crippen molar-refractivity contribution < 1.29 is 24.2 Å². The first-order valence-electron chi connectivity index (χ1n) is 9.31. The number of methoxy groups -OCH3 is 1. The lowest BCUT2D eigenvalue weighted by Gasteiger charge is -2.19. The Hall–Kier alpha value is -1.60. The van der Waals surface area contributed by atoms with E-state index in [1.165, 1.54) is 0 Å². The molecule has 7 nitrogen and oxygen atoms in total. The van der Waals surface area contributed by atoms with Gasteiger partial charge < -0.3 is 25.2 Å². The average molecular weight is 638 g/mol. The molecule has 2 aromatic rings. The highest BCUT2D eigenvalue weighted by atomic mass is 127. The molecule has 2 aromatic carbocycles. The van der Waals surface area contributed by atoms with E-state index in [-0.39, 0.29) is 24.7 Å². The van der Waals surface area contributed by atoms with Gasteiger partial charge in [0.15, 0.2) is 0 Å². The van der Waals surface area contributed by atoms with Gasteiger partial charge in [-0.05, 0) is 74.9 Å². The molecule has 1 atom stereocenters. The maximum Gasteiger partial charge on any atom is 0.408 e. The standard InChI is InChI=1S/C21H24I2N2O5/c1-29-9-5-8-24-20(27)18(12-15-10-16(22)19(26)17(23)11-15)25-21(28)30-13-14-6-3-2-4-7-14/h2-4,6-7,10-11,18,26H,5,8-9,12-13H2,1H3,(H,24,27)(H,25,28)/t18-/m1/s1. The van der Waals surface area contributed by atoms with Crippen LogP contribution in [0.25, 0.3) is 0 Å². The number of rotatable bonds is 10. The van der Waals surface area contributed by atoms with Crippen molar-refractivity contribution in [3.05, 3.63) is 60.7 Å². The molecule has 0 saturated carbocycles. The molecule has 0 bridgehead atoms. The quantitative estimate of drug-likeness (QED) is 0.273. The molecule has 0 aliphatic carbocycles. The molecular formula is C21H24I2N2O5. The van der Waals surface area contributed by atoms with Crippen LogP contribution < -0.4 is 10.6 Å². The van der Waals surface area contributed by atoms with Crippen molar-refractivity contribution in [2.45, 2.75) is 25.5 Å². The second-order valence-electron chi connectivity index (χ2n) is 6.51. The summed E-state index contributed by atoms with van der Waals surface area (Å²) in [5.74, 6) is -0.100. The summed E-state index contributed by atoms with van der Waals surface area (Å²) in [4.78, 5) is 25.0. The van der Waals surface area contributed by atoms with Gasteiger partial charge in [-0.1, -0.05) is 30.3 Å². The number of hydrogen-bond acceptors (Lipinski definition) is 5. The lowest BCUT2D eigenvalue weighted by Crippen LogP contribution is -2.48. The van der Waals surface area contributed by atoms with Gasteiger partial charge >= 0.3 is 6.09 Å². The molecule has 162 valence electrons. The summed E-state index contributed by atoms with van der Waals surface area (Å²) < 4.78 is 11.6. The topological polar surface area (TPSA) is 96.9 Å². The first-order valence-corrected chi connectivity index (χ1v) is 11.5. The zero-order valence-corrected chi connectivity index (χ0v) is 20.8. The van der Waals surface area contributed by atoms with Gasteiger partial charge in [0.2, 0.25) is 5.91 Å². The summed E-state index contributed by atoms with van der Waals surface area (Å²) in [5.41, 5.74) is 1.68. The highest BCUT2D eigenvalue weighted by Crippen LogP contribution is 2.27. The number of benzene rings is 2. The fourth-order valence-corrected chi connectivity index (χ4v) is 4.54. The third kappa shape index (κ3) is 8.26. The van der Waals surface area contributed by atoms with Gasteiger partial charge in [0.25, 0.3) is 0 Å². The second kappa shape index (κ2) is 13.0. The van der Waals surface area contributed by atoms with E-state index in [9.17, 15) is 14.7 Å². The molecule has 0 aromatic heterocycles. The van der Waals surface area contributed by atoms with E-state index >= 15 is 0 Å². The highest BCUT2D eigenvalue weighted by molar-refractivity contribution is 14.1. The van der Waals surface area contributed by atoms with Crippen LogP contribution in [-0.2, 0) is 27.3 Å². The molecule has 0 spiro atoms. The Morgan fingerprint density at radius 3 is 2.40 bits per heavy atom. The summed E-state index contributed by atoms with van der Waals surface area (Å²) in [7, 11) is 1.60. The van der Waals surface area contributed by atoms with E-state index in [0.717, 1.165) is 11.1 Å². The number of alkyl carbamates (subject to hydrolysis) is 1.